The molecule has 1 amide bonds. The molecule has 1 aromatic rings. The number of hydrogen-bond acceptors (Lipinski definition) is 4. The van der Waals surface area contributed by atoms with Gasteiger partial charge in [-0.1, -0.05) is 0 Å². The highest BCUT2D eigenvalue weighted by atomic mass is 32.1. The Morgan fingerprint density at radius 1 is 1.48 bits per heavy atom. The quantitative estimate of drug-likeness (QED) is 0.880. The predicted molar refractivity (Wildman–Crippen MR) is 96.1 cm³/mol. The summed E-state index contributed by atoms with van der Waals surface area (Å²) in [6, 6.07) is 2.83. The topological polar surface area (TPSA) is 41.6 Å². The van der Waals surface area contributed by atoms with Gasteiger partial charge in [0.25, 0.3) is 0 Å². The van der Waals surface area contributed by atoms with Crippen molar-refractivity contribution in [3.63, 3.8) is 0 Å². The monoisotopic (exact) mass is 338 g/mol. The smallest absolute Gasteiger partial charge is 0.410 e. The zero-order valence-electron chi connectivity index (χ0n) is 14.8. The molecule has 23 heavy (non-hydrogen) atoms. The normalized spacial score (nSPS) is 20.3. The predicted octanol–water partition coefficient (Wildman–Crippen LogP) is 4.06. The molecule has 0 aliphatic carbocycles. The number of hydrogen-bond donors (Lipinski definition) is 1. The third-order valence-corrected chi connectivity index (χ3v) is 4.81. The molecule has 130 valence electrons. The van der Waals surface area contributed by atoms with E-state index in [-0.39, 0.29) is 12.1 Å². The Morgan fingerprint density at radius 2 is 2.26 bits per heavy atom. The molecule has 1 fully saturated rings. The van der Waals surface area contributed by atoms with Crippen LogP contribution in [0.4, 0.5) is 4.79 Å². The van der Waals surface area contributed by atoms with E-state index in [0.29, 0.717) is 6.04 Å². The van der Waals surface area contributed by atoms with E-state index in [2.05, 4.69) is 29.1 Å². The third-order valence-electron chi connectivity index (χ3n) is 4.08. The van der Waals surface area contributed by atoms with Gasteiger partial charge >= 0.3 is 6.09 Å². The molecule has 1 aliphatic rings. The molecule has 2 atom stereocenters. The summed E-state index contributed by atoms with van der Waals surface area (Å²) < 4.78 is 5.56. The van der Waals surface area contributed by atoms with Crippen LogP contribution in [-0.4, -0.2) is 41.8 Å². The van der Waals surface area contributed by atoms with E-state index >= 15 is 0 Å². The molecule has 4 nitrogen and oxygen atoms in total. The third kappa shape index (κ3) is 6.15. The number of thiophene rings is 1. The summed E-state index contributed by atoms with van der Waals surface area (Å²) in [5, 5.41) is 7.91. The standard InChI is InChI=1S/C18H30N2O2S/c1-14(11-15-8-10-23-13-15)19-12-16-7-5-6-9-20(16)17(21)22-18(2,3)4/h8,10,13-14,16,19H,5-7,9,11-12H2,1-4H3. The lowest BCUT2D eigenvalue weighted by molar-refractivity contribution is 0.00970. The summed E-state index contributed by atoms with van der Waals surface area (Å²) in [5.41, 5.74) is 0.946. The molecule has 0 bridgehead atoms. The average Bonchev–Trinajstić information content (AvgIpc) is 2.96. The van der Waals surface area contributed by atoms with Crippen molar-refractivity contribution < 1.29 is 9.53 Å². The Balaban J connectivity index is 1.84. The summed E-state index contributed by atoms with van der Waals surface area (Å²) in [5.74, 6) is 0. The largest absolute Gasteiger partial charge is 0.444 e. The summed E-state index contributed by atoms with van der Waals surface area (Å²) >= 11 is 1.74. The fraction of sp³-hybridized carbons (Fsp3) is 0.722. The molecule has 0 aromatic carbocycles. The van der Waals surface area contributed by atoms with Gasteiger partial charge in [0.2, 0.25) is 0 Å². The van der Waals surface area contributed by atoms with Gasteiger partial charge in [-0.05, 0) is 75.8 Å². The second-order valence-electron chi connectivity index (χ2n) is 7.47. The molecule has 0 spiro atoms. The van der Waals surface area contributed by atoms with Crippen LogP contribution in [0, 0.1) is 0 Å². The van der Waals surface area contributed by atoms with E-state index in [1.54, 1.807) is 11.3 Å². The van der Waals surface area contributed by atoms with Crippen LogP contribution < -0.4 is 5.32 Å². The zero-order chi connectivity index (χ0) is 16.9. The summed E-state index contributed by atoms with van der Waals surface area (Å²) in [6.07, 6.45) is 4.17. The van der Waals surface area contributed by atoms with Crippen molar-refractivity contribution in [1.82, 2.24) is 10.2 Å². The molecule has 1 aromatic heterocycles. The fourth-order valence-corrected chi connectivity index (χ4v) is 3.63. The van der Waals surface area contributed by atoms with E-state index in [9.17, 15) is 4.79 Å². The minimum absolute atomic E-state index is 0.172. The SMILES string of the molecule is CC(Cc1ccsc1)NCC1CCCCN1C(=O)OC(C)(C)C. The highest BCUT2D eigenvalue weighted by Crippen LogP contribution is 2.20. The molecule has 2 unspecified atom stereocenters. The average molecular weight is 339 g/mol. The number of nitrogens with zero attached hydrogens (tertiary/aromatic N) is 1. The number of amides is 1. The Kier molecular flexibility index (Phi) is 6.48. The van der Waals surface area contributed by atoms with Crippen LogP contribution in [0.15, 0.2) is 16.8 Å². The number of likely N-dealkylation sites (tertiary alicyclic amines) is 1. The van der Waals surface area contributed by atoms with Crippen LogP contribution in [0.1, 0.15) is 52.5 Å². The molecule has 0 radical (unpaired) electrons. The van der Waals surface area contributed by atoms with Gasteiger partial charge in [0.1, 0.15) is 5.60 Å². The Bertz CT molecular complexity index is 482. The molecule has 1 N–H and O–H groups in total. The molecule has 2 rings (SSSR count). The van der Waals surface area contributed by atoms with Gasteiger partial charge < -0.3 is 15.0 Å². The number of piperidine rings is 1. The van der Waals surface area contributed by atoms with Gasteiger partial charge in [0.05, 0.1) is 0 Å². The minimum Gasteiger partial charge on any atom is -0.444 e. The van der Waals surface area contributed by atoms with Crippen LogP contribution in [0.2, 0.25) is 0 Å². The van der Waals surface area contributed by atoms with Gasteiger partial charge in [0, 0.05) is 25.2 Å². The van der Waals surface area contributed by atoms with Gasteiger partial charge in [-0.25, -0.2) is 4.79 Å². The van der Waals surface area contributed by atoms with Gasteiger partial charge in [-0.3, -0.25) is 0 Å². The first-order chi connectivity index (χ1) is 10.8. The van der Waals surface area contributed by atoms with Crippen molar-refractivity contribution in [3.8, 4) is 0 Å². The maximum atomic E-state index is 12.4. The first-order valence-corrected chi connectivity index (χ1v) is 9.53. The number of nitrogens with one attached hydrogen (secondary N) is 1. The Morgan fingerprint density at radius 3 is 2.91 bits per heavy atom. The van der Waals surface area contributed by atoms with Crippen molar-refractivity contribution >= 4 is 17.4 Å². The molecule has 2 heterocycles. The van der Waals surface area contributed by atoms with E-state index in [4.69, 9.17) is 4.74 Å². The zero-order valence-corrected chi connectivity index (χ0v) is 15.6. The number of ether oxygens (including phenoxy) is 1. The minimum atomic E-state index is -0.432. The maximum Gasteiger partial charge on any atom is 0.410 e. The van der Waals surface area contributed by atoms with Crippen molar-refractivity contribution in [2.45, 2.75) is 71.1 Å². The van der Waals surface area contributed by atoms with Crippen molar-refractivity contribution in [1.29, 1.82) is 0 Å². The molecule has 0 saturated carbocycles. The Hall–Kier alpha value is -1.07. The highest BCUT2D eigenvalue weighted by molar-refractivity contribution is 7.07. The second kappa shape index (κ2) is 8.15. The van der Waals surface area contributed by atoms with Crippen LogP contribution in [0.5, 0.6) is 0 Å². The maximum absolute atomic E-state index is 12.4. The molecule has 1 aliphatic heterocycles. The van der Waals surface area contributed by atoms with Crippen LogP contribution >= 0.6 is 11.3 Å². The van der Waals surface area contributed by atoms with E-state index in [0.717, 1.165) is 32.4 Å². The van der Waals surface area contributed by atoms with Crippen molar-refractivity contribution in [2.24, 2.45) is 0 Å². The number of carbonyl (C=O) groups is 1. The molecule has 5 heteroatoms. The highest BCUT2D eigenvalue weighted by Gasteiger charge is 2.30. The lowest BCUT2D eigenvalue weighted by Crippen LogP contribution is -2.51. The van der Waals surface area contributed by atoms with E-state index in [1.807, 2.05) is 25.7 Å². The molecular formula is C18H30N2O2S. The van der Waals surface area contributed by atoms with Crippen molar-refractivity contribution in [3.05, 3.63) is 22.4 Å². The van der Waals surface area contributed by atoms with Gasteiger partial charge in [0.15, 0.2) is 0 Å². The van der Waals surface area contributed by atoms with Crippen LogP contribution in [0.3, 0.4) is 0 Å². The lowest BCUT2D eigenvalue weighted by atomic mass is 10.0. The Labute approximate surface area is 144 Å². The van der Waals surface area contributed by atoms with Crippen LogP contribution in [-0.2, 0) is 11.2 Å². The fourth-order valence-electron chi connectivity index (χ4n) is 2.95. The molecular weight excluding hydrogens is 308 g/mol. The first-order valence-electron chi connectivity index (χ1n) is 8.59. The van der Waals surface area contributed by atoms with Crippen LogP contribution in [0.25, 0.3) is 0 Å². The van der Waals surface area contributed by atoms with Gasteiger partial charge in [-0.15, -0.1) is 0 Å². The summed E-state index contributed by atoms with van der Waals surface area (Å²) in [4.78, 5) is 14.3. The first kappa shape index (κ1) is 18.3. The summed E-state index contributed by atoms with van der Waals surface area (Å²) in [6.45, 7) is 9.62. The number of carbonyl (C=O) groups excluding carboxylic acids is 1. The van der Waals surface area contributed by atoms with E-state index < -0.39 is 5.60 Å². The van der Waals surface area contributed by atoms with Gasteiger partial charge in [-0.2, -0.15) is 11.3 Å². The second-order valence-corrected chi connectivity index (χ2v) is 8.25. The molecule has 1 saturated heterocycles. The lowest BCUT2D eigenvalue weighted by Gasteiger charge is -2.37. The summed E-state index contributed by atoms with van der Waals surface area (Å²) in [7, 11) is 0. The van der Waals surface area contributed by atoms with E-state index in [1.165, 1.54) is 12.0 Å². The van der Waals surface area contributed by atoms with Crippen molar-refractivity contribution in [2.75, 3.05) is 13.1 Å². The number of rotatable bonds is 5.